The molecule has 2 nitrogen and oxygen atoms in total. The van der Waals surface area contributed by atoms with Gasteiger partial charge < -0.3 is 9.64 Å². The van der Waals surface area contributed by atoms with Crippen molar-refractivity contribution in [2.75, 3.05) is 27.2 Å². The van der Waals surface area contributed by atoms with Crippen LogP contribution in [-0.4, -0.2) is 32.1 Å². The summed E-state index contributed by atoms with van der Waals surface area (Å²) in [6.45, 7) is 9.25. The van der Waals surface area contributed by atoms with E-state index < -0.39 is 0 Å². The zero-order chi connectivity index (χ0) is 18.5. The quantitative estimate of drug-likeness (QED) is 0.630. The van der Waals surface area contributed by atoms with Crippen molar-refractivity contribution in [2.45, 2.75) is 72.1 Å². The number of ether oxygens (including phenoxy) is 1. The molecule has 2 saturated carbocycles. The number of hydrogen-bond donors (Lipinski definition) is 0. The molecule has 0 bridgehead atoms. The number of rotatable bonds is 4. The number of likely N-dealkylation sites (N-methyl/N-ethyl adjacent to an activating group) is 1. The molecule has 0 aromatic rings. The smallest absolute Gasteiger partial charge is 0.0962 e. The van der Waals surface area contributed by atoms with Gasteiger partial charge in [0.1, 0.15) is 0 Å². The lowest BCUT2D eigenvalue weighted by molar-refractivity contribution is -0.0242. The molecule has 0 heterocycles. The highest BCUT2D eigenvalue weighted by Gasteiger charge is 2.56. The summed E-state index contributed by atoms with van der Waals surface area (Å²) in [6, 6.07) is 0. The van der Waals surface area contributed by atoms with Crippen molar-refractivity contribution in [1.82, 2.24) is 4.90 Å². The second-order valence-electron chi connectivity index (χ2n) is 10.4. The van der Waals surface area contributed by atoms with Crippen molar-refractivity contribution in [1.29, 1.82) is 0 Å². The minimum absolute atomic E-state index is 0.374. The largest absolute Gasteiger partial charge is 0.498 e. The van der Waals surface area contributed by atoms with Crippen molar-refractivity contribution in [3.05, 3.63) is 23.0 Å². The number of nitrogens with zero attached hydrogens (tertiary/aromatic N) is 1. The molecule has 4 rings (SSSR count). The van der Waals surface area contributed by atoms with Gasteiger partial charge in [0.25, 0.3) is 0 Å². The molecule has 0 unspecified atom stereocenters. The third-order valence-corrected chi connectivity index (χ3v) is 8.55. The van der Waals surface area contributed by atoms with Crippen LogP contribution in [0.25, 0.3) is 0 Å². The van der Waals surface area contributed by atoms with Gasteiger partial charge in [-0.3, -0.25) is 0 Å². The summed E-state index contributed by atoms with van der Waals surface area (Å²) in [5.41, 5.74) is 4.38. The fraction of sp³-hybridized carbons (Fsp3) is 0.833. The Morgan fingerprint density at radius 2 is 1.92 bits per heavy atom. The third-order valence-electron chi connectivity index (χ3n) is 8.55. The predicted octanol–water partition coefficient (Wildman–Crippen LogP) is 5.80. The van der Waals surface area contributed by atoms with Gasteiger partial charge in [-0.05, 0) is 99.8 Å². The van der Waals surface area contributed by atoms with Gasteiger partial charge in [0, 0.05) is 13.0 Å². The lowest BCUT2D eigenvalue weighted by Crippen LogP contribution is -2.49. The van der Waals surface area contributed by atoms with Crippen LogP contribution in [0.3, 0.4) is 0 Å². The second kappa shape index (κ2) is 6.69. The van der Waals surface area contributed by atoms with Crippen LogP contribution in [0.5, 0.6) is 0 Å². The maximum absolute atomic E-state index is 5.96. The predicted molar refractivity (Wildman–Crippen MR) is 109 cm³/mol. The summed E-state index contributed by atoms with van der Waals surface area (Å²) in [4.78, 5) is 2.38. The molecule has 146 valence electrons. The molecule has 4 aliphatic rings. The van der Waals surface area contributed by atoms with Crippen molar-refractivity contribution < 1.29 is 4.74 Å². The van der Waals surface area contributed by atoms with E-state index in [0.717, 1.165) is 37.3 Å². The van der Waals surface area contributed by atoms with Crippen molar-refractivity contribution in [3.63, 3.8) is 0 Å². The van der Waals surface area contributed by atoms with E-state index in [0.29, 0.717) is 10.8 Å². The molecule has 2 heteroatoms. The lowest BCUT2D eigenvalue weighted by Gasteiger charge is -2.57. The molecule has 4 aliphatic carbocycles. The van der Waals surface area contributed by atoms with Gasteiger partial charge in [0.05, 0.1) is 12.4 Å². The van der Waals surface area contributed by atoms with E-state index in [1.807, 2.05) is 0 Å². The molecular formula is C24H39NO. The molecule has 5 atom stereocenters. The molecule has 26 heavy (non-hydrogen) atoms. The first-order valence-electron chi connectivity index (χ1n) is 11.1. The first-order valence-corrected chi connectivity index (χ1v) is 11.1. The van der Waals surface area contributed by atoms with E-state index in [1.165, 1.54) is 50.7 Å². The number of hydrogen-bond acceptors (Lipinski definition) is 2. The van der Waals surface area contributed by atoms with E-state index in [2.05, 4.69) is 45.8 Å². The Morgan fingerprint density at radius 1 is 1.12 bits per heavy atom. The first-order chi connectivity index (χ1) is 12.4. The number of allylic oxidation sites excluding steroid dienone is 3. The first kappa shape index (κ1) is 18.6. The van der Waals surface area contributed by atoms with Gasteiger partial charge in [-0.15, -0.1) is 0 Å². The fourth-order valence-electron chi connectivity index (χ4n) is 7.39. The summed E-state index contributed by atoms with van der Waals surface area (Å²) in [5, 5.41) is 0. The summed E-state index contributed by atoms with van der Waals surface area (Å²) < 4.78 is 5.96. The van der Waals surface area contributed by atoms with Crippen molar-refractivity contribution in [3.8, 4) is 0 Å². The topological polar surface area (TPSA) is 12.5 Å². The minimum atomic E-state index is 0.374. The van der Waals surface area contributed by atoms with Crippen LogP contribution < -0.4 is 0 Å². The van der Waals surface area contributed by atoms with Crippen LogP contribution in [0.1, 0.15) is 72.1 Å². The van der Waals surface area contributed by atoms with Gasteiger partial charge in [-0.2, -0.15) is 0 Å². The average Bonchev–Trinajstić information content (AvgIpc) is 2.98. The Bertz CT molecular complexity index is 618. The van der Waals surface area contributed by atoms with Gasteiger partial charge in [-0.1, -0.05) is 25.8 Å². The van der Waals surface area contributed by atoms with Crippen LogP contribution in [0, 0.1) is 28.6 Å². The zero-order valence-electron chi connectivity index (χ0n) is 17.7. The molecule has 0 saturated heterocycles. The van der Waals surface area contributed by atoms with E-state index in [9.17, 15) is 0 Å². The monoisotopic (exact) mass is 357 g/mol. The Morgan fingerprint density at radius 3 is 2.65 bits per heavy atom. The van der Waals surface area contributed by atoms with Crippen molar-refractivity contribution in [2.24, 2.45) is 28.6 Å². The van der Waals surface area contributed by atoms with E-state index >= 15 is 0 Å². The molecule has 0 N–H and O–H groups in total. The minimum Gasteiger partial charge on any atom is -0.498 e. The highest BCUT2D eigenvalue weighted by Crippen LogP contribution is 2.65. The third kappa shape index (κ3) is 2.87. The summed E-state index contributed by atoms with van der Waals surface area (Å²) in [5.74, 6) is 4.01. The lowest BCUT2D eigenvalue weighted by atomic mass is 9.47. The molecule has 0 aromatic carbocycles. The van der Waals surface area contributed by atoms with E-state index in [1.54, 1.807) is 11.1 Å². The number of fused-ring (bicyclic) bond motifs is 5. The molecule has 2 fully saturated rings. The van der Waals surface area contributed by atoms with Crippen molar-refractivity contribution >= 4 is 0 Å². The maximum Gasteiger partial charge on any atom is 0.0962 e. The molecule has 0 radical (unpaired) electrons. The molecule has 0 spiro atoms. The van der Waals surface area contributed by atoms with Crippen LogP contribution >= 0.6 is 0 Å². The van der Waals surface area contributed by atoms with Crippen LogP contribution in [0.4, 0.5) is 0 Å². The highest BCUT2D eigenvalue weighted by atomic mass is 16.5. The second-order valence-corrected chi connectivity index (χ2v) is 10.4. The van der Waals surface area contributed by atoms with Gasteiger partial charge in [0.2, 0.25) is 0 Å². The molecule has 0 aliphatic heterocycles. The Labute approximate surface area is 161 Å². The zero-order valence-corrected chi connectivity index (χ0v) is 17.7. The van der Waals surface area contributed by atoms with Crippen LogP contribution in [0.2, 0.25) is 0 Å². The Kier molecular flexibility index (Phi) is 4.78. The van der Waals surface area contributed by atoms with Gasteiger partial charge in [-0.25, -0.2) is 0 Å². The van der Waals surface area contributed by atoms with Crippen LogP contribution in [-0.2, 0) is 4.74 Å². The summed E-state index contributed by atoms with van der Waals surface area (Å²) >= 11 is 0. The molecular weight excluding hydrogens is 318 g/mol. The van der Waals surface area contributed by atoms with Gasteiger partial charge >= 0.3 is 0 Å². The fourth-order valence-corrected chi connectivity index (χ4v) is 7.39. The standard InChI is InChI=1S/C24H39NO/c1-6-26-18-9-13-24(3)21-10-12-23(2)11-7-8-20(23)19(21)14-17(16-25(4)5)22(24)15-18/h15,19-21H,6-14,16H2,1-5H3/t19-,20-,21-,23-,24+/m0/s1. The Hall–Kier alpha value is -0.760. The van der Waals surface area contributed by atoms with Crippen LogP contribution in [0.15, 0.2) is 23.0 Å². The average molecular weight is 358 g/mol. The SMILES string of the molecule is CCOC1=CC2=C(CN(C)C)C[C@H]3[C@@H]4CCC[C@@]4(C)CC[C@@H]3[C@@]2(C)CC1. The normalized spacial score (nSPS) is 42.2. The highest BCUT2D eigenvalue weighted by molar-refractivity contribution is 5.41. The molecule has 0 aromatic heterocycles. The summed E-state index contributed by atoms with van der Waals surface area (Å²) in [7, 11) is 4.46. The maximum atomic E-state index is 5.96. The van der Waals surface area contributed by atoms with E-state index in [-0.39, 0.29) is 0 Å². The Balaban J connectivity index is 1.76. The van der Waals surface area contributed by atoms with E-state index in [4.69, 9.17) is 4.74 Å². The summed E-state index contributed by atoms with van der Waals surface area (Å²) in [6.07, 6.45) is 13.6. The van der Waals surface area contributed by atoms with Gasteiger partial charge in [0.15, 0.2) is 0 Å². The molecule has 0 amide bonds.